The molecule has 0 aliphatic carbocycles. The zero-order valence-corrected chi connectivity index (χ0v) is 23.2. The number of piperidine rings is 1. The molecule has 4 aromatic rings. The lowest BCUT2D eigenvalue weighted by Gasteiger charge is -2.43. The van der Waals surface area contributed by atoms with E-state index in [2.05, 4.69) is 15.3 Å². The molecule has 0 bridgehead atoms. The zero-order chi connectivity index (χ0) is 30.5. The van der Waals surface area contributed by atoms with Gasteiger partial charge in [0, 0.05) is 49.2 Å². The summed E-state index contributed by atoms with van der Waals surface area (Å²) in [7, 11) is 0. The highest BCUT2D eigenvalue weighted by molar-refractivity contribution is 6.06. The van der Waals surface area contributed by atoms with Gasteiger partial charge >= 0.3 is 12.2 Å². The number of aliphatic hydroxyl groups is 1. The van der Waals surface area contributed by atoms with Gasteiger partial charge in [0.15, 0.2) is 0 Å². The number of β-amino-alcohol motifs (C(OH)–C–C–N with tert-alkyl or cyclic N) is 1. The molecule has 6 rings (SSSR count). The van der Waals surface area contributed by atoms with E-state index in [1.807, 2.05) is 4.90 Å². The van der Waals surface area contributed by atoms with E-state index in [0.717, 1.165) is 17.8 Å². The summed E-state index contributed by atoms with van der Waals surface area (Å²) in [4.78, 5) is 34.6. The number of nitrogens with one attached hydrogen (secondary N) is 2. The van der Waals surface area contributed by atoms with Gasteiger partial charge in [-0.2, -0.15) is 13.2 Å². The molecule has 43 heavy (non-hydrogen) atoms. The first kappa shape index (κ1) is 28.8. The molecule has 2 aliphatic rings. The van der Waals surface area contributed by atoms with Gasteiger partial charge in [0.25, 0.3) is 0 Å². The number of alkyl halides is 3. The third kappa shape index (κ3) is 5.72. The van der Waals surface area contributed by atoms with Crippen molar-refractivity contribution in [1.82, 2.24) is 20.2 Å². The fourth-order valence-corrected chi connectivity index (χ4v) is 6.10. The largest absolute Gasteiger partial charge is 0.416 e. The van der Waals surface area contributed by atoms with Crippen LogP contribution in [0.4, 0.5) is 28.0 Å². The number of nitrogens with zero attached hydrogens (tertiary/aromatic N) is 3. The molecule has 2 saturated heterocycles. The van der Waals surface area contributed by atoms with Crippen molar-refractivity contribution in [2.24, 2.45) is 0 Å². The molecule has 224 valence electrons. The first-order valence-electron chi connectivity index (χ1n) is 13.9. The average Bonchev–Trinajstić information content (AvgIpc) is 3.41. The maximum Gasteiger partial charge on any atom is 0.416 e. The smallest absolute Gasteiger partial charge is 0.388 e. The van der Waals surface area contributed by atoms with Gasteiger partial charge in [-0.1, -0.05) is 18.2 Å². The molecular weight excluding hydrogens is 566 g/mol. The van der Waals surface area contributed by atoms with Gasteiger partial charge in [-0.15, -0.1) is 0 Å². The summed E-state index contributed by atoms with van der Waals surface area (Å²) in [6.45, 7) is 3.05. The maximum absolute atomic E-state index is 16.0. The van der Waals surface area contributed by atoms with Crippen LogP contribution in [0.5, 0.6) is 0 Å². The van der Waals surface area contributed by atoms with Crippen LogP contribution in [0.3, 0.4) is 0 Å². The maximum atomic E-state index is 16.0. The standard InChI is InChI=1S/C31H29F4N5O3/c1-30(43)17-39(16-21-12-19(14-36-21)18-3-2-4-20(11-18)31(33,34)35)9-7-25(30)23-5-6-26-24(28(23)32)13-22(15-37-26)40-10-8-27(41)38-29(40)42/h2-6,11-15,25,36,43H,7-10,16-17H2,1H3,(H,38,41,42). The number of benzene rings is 2. The molecular formula is C31H29F4N5O3. The van der Waals surface area contributed by atoms with Crippen LogP contribution in [0, 0.1) is 5.82 Å². The van der Waals surface area contributed by atoms with Crippen molar-refractivity contribution in [3.8, 4) is 11.1 Å². The van der Waals surface area contributed by atoms with E-state index in [0.29, 0.717) is 47.4 Å². The Kier molecular flexibility index (Phi) is 7.21. The second kappa shape index (κ2) is 10.8. The van der Waals surface area contributed by atoms with Crippen molar-refractivity contribution in [2.45, 2.75) is 44.0 Å². The van der Waals surface area contributed by atoms with E-state index in [4.69, 9.17) is 0 Å². The molecule has 2 fully saturated rings. The summed E-state index contributed by atoms with van der Waals surface area (Å²) < 4.78 is 55.5. The second-order valence-corrected chi connectivity index (χ2v) is 11.4. The van der Waals surface area contributed by atoms with Gasteiger partial charge in [-0.05, 0) is 66.9 Å². The fourth-order valence-electron chi connectivity index (χ4n) is 6.10. The minimum Gasteiger partial charge on any atom is -0.388 e. The number of H-pyrrole nitrogens is 1. The van der Waals surface area contributed by atoms with E-state index in [1.165, 1.54) is 23.2 Å². The minimum absolute atomic E-state index is 0.128. The summed E-state index contributed by atoms with van der Waals surface area (Å²) in [5.74, 6) is -1.41. The number of fused-ring (bicyclic) bond motifs is 1. The molecule has 2 aromatic heterocycles. The van der Waals surface area contributed by atoms with Crippen LogP contribution < -0.4 is 10.2 Å². The van der Waals surface area contributed by atoms with Crippen LogP contribution in [-0.2, 0) is 17.5 Å². The lowest BCUT2D eigenvalue weighted by molar-refractivity contribution is -0.137. The van der Waals surface area contributed by atoms with Gasteiger partial charge in [-0.25, -0.2) is 9.18 Å². The van der Waals surface area contributed by atoms with Crippen molar-refractivity contribution < 1.29 is 32.3 Å². The summed E-state index contributed by atoms with van der Waals surface area (Å²) in [6.07, 6.45) is -0.721. The monoisotopic (exact) mass is 595 g/mol. The summed E-state index contributed by atoms with van der Waals surface area (Å²) in [5, 5.41) is 14.0. The molecule has 3 amide bonds. The Morgan fingerprint density at radius 1 is 1.09 bits per heavy atom. The fraction of sp³-hybridized carbons (Fsp3) is 0.323. The van der Waals surface area contributed by atoms with Gasteiger partial charge in [-0.3, -0.25) is 24.9 Å². The van der Waals surface area contributed by atoms with Crippen molar-refractivity contribution in [3.05, 3.63) is 83.6 Å². The minimum atomic E-state index is -4.43. The number of carbonyl (C=O) groups is 2. The van der Waals surface area contributed by atoms with Crippen molar-refractivity contribution >= 4 is 28.5 Å². The summed E-state index contributed by atoms with van der Waals surface area (Å²) in [5.41, 5.74) is 0.962. The van der Waals surface area contributed by atoms with E-state index in [-0.39, 0.29) is 30.8 Å². The van der Waals surface area contributed by atoms with Crippen LogP contribution in [0.2, 0.25) is 0 Å². The van der Waals surface area contributed by atoms with E-state index in [9.17, 15) is 27.9 Å². The number of aromatic amines is 1. The number of carbonyl (C=O) groups excluding carboxylic acids is 2. The molecule has 12 heteroatoms. The Bertz CT molecular complexity index is 1720. The number of rotatable bonds is 5. The number of hydrogen-bond donors (Lipinski definition) is 3. The number of urea groups is 1. The third-order valence-electron chi connectivity index (χ3n) is 8.24. The molecule has 0 radical (unpaired) electrons. The lowest BCUT2D eigenvalue weighted by atomic mass is 9.77. The molecule has 2 unspecified atom stereocenters. The number of amides is 3. The zero-order valence-electron chi connectivity index (χ0n) is 23.2. The number of anilines is 1. The highest BCUT2D eigenvalue weighted by Crippen LogP contribution is 2.40. The number of pyridine rings is 1. The third-order valence-corrected chi connectivity index (χ3v) is 8.24. The number of likely N-dealkylation sites (tertiary alicyclic amines) is 1. The van der Waals surface area contributed by atoms with Crippen LogP contribution in [0.15, 0.2) is 60.9 Å². The van der Waals surface area contributed by atoms with E-state index in [1.54, 1.807) is 37.4 Å². The molecule has 2 aromatic carbocycles. The van der Waals surface area contributed by atoms with Crippen LogP contribution in [0.25, 0.3) is 22.0 Å². The number of hydrogen-bond acceptors (Lipinski definition) is 5. The SMILES string of the molecule is CC1(O)CN(Cc2cc(-c3cccc(C(F)(F)F)c3)c[nH]2)CCC1c1ccc2ncc(N3CCC(=O)NC3=O)cc2c1F. The summed E-state index contributed by atoms with van der Waals surface area (Å²) in [6, 6.07) is 11.2. The molecule has 2 atom stereocenters. The average molecular weight is 596 g/mol. The van der Waals surface area contributed by atoms with Crippen LogP contribution >= 0.6 is 0 Å². The molecule has 2 aliphatic heterocycles. The highest BCUT2D eigenvalue weighted by atomic mass is 19.4. The number of aromatic nitrogens is 2. The van der Waals surface area contributed by atoms with Crippen LogP contribution in [0.1, 0.15) is 42.5 Å². The molecule has 4 heterocycles. The van der Waals surface area contributed by atoms with Crippen LogP contribution in [-0.4, -0.2) is 57.1 Å². The predicted molar refractivity (Wildman–Crippen MR) is 152 cm³/mol. The van der Waals surface area contributed by atoms with Crippen molar-refractivity contribution in [1.29, 1.82) is 0 Å². The lowest BCUT2D eigenvalue weighted by Crippen LogP contribution is -2.50. The Morgan fingerprint density at radius 3 is 2.65 bits per heavy atom. The molecule has 0 spiro atoms. The first-order chi connectivity index (χ1) is 20.4. The van der Waals surface area contributed by atoms with E-state index >= 15 is 4.39 Å². The van der Waals surface area contributed by atoms with E-state index < -0.39 is 35.1 Å². The normalized spacial score (nSPS) is 21.8. The first-order valence-corrected chi connectivity index (χ1v) is 13.9. The van der Waals surface area contributed by atoms with Gasteiger partial charge in [0.2, 0.25) is 5.91 Å². The van der Waals surface area contributed by atoms with Gasteiger partial charge in [0.05, 0.1) is 28.6 Å². The molecule has 0 saturated carbocycles. The topological polar surface area (TPSA) is 102 Å². The Balaban J connectivity index is 1.18. The van der Waals surface area contributed by atoms with Crippen molar-refractivity contribution in [2.75, 3.05) is 24.5 Å². The molecule has 3 N–H and O–H groups in total. The number of imide groups is 1. The Hall–Kier alpha value is -4.29. The summed E-state index contributed by atoms with van der Waals surface area (Å²) >= 11 is 0. The van der Waals surface area contributed by atoms with Crippen molar-refractivity contribution in [3.63, 3.8) is 0 Å². The predicted octanol–water partition coefficient (Wildman–Crippen LogP) is 5.57. The quantitative estimate of drug-likeness (QED) is 0.262. The Morgan fingerprint density at radius 2 is 1.91 bits per heavy atom. The Labute approximate surface area is 244 Å². The number of halogens is 4. The highest BCUT2D eigenvalue weighted by Gasteiger charge is 2.40. The van der Waals surface area contributed by atoms with Gasteiger partial charge in [0.1, 0.15) is 5.82 Å². The second-order valence-electron chi connectivity index (χ2n) is 11.4. The molecule has 8 nitrogen and oxygen atoms in total. The van der Waals surface area contributed by atoms with Gasteiger partial charge < -0.3 is 10.1 Å².